The first-order chi connectivity index (χ1) is 6.65. The van der Waals surface area contributed by atoms with Crippen molar-refractivity contribution >= 4 is 22.4 Å². The first-order valence-electron chi connectivity index (χ1n) is 4.91. The van der Waals surface area contributed by atoms with Gasteiger partial charge in [0.2, 0.25) is 5.91 Å². The highest BCUT2D eigenvalue weighted by Gasteiger charge is 2.19. The predicted molar refractivity (Wildman–Crippen MR) is 57.6 cm³/mol. The predicted octanol–water partition coefficient (Wildman–Crippen LogP) is 2.23. The highest BCUT2D eigenvalue weighted by Crippen LogP contribution is 2.31. The van der Waals surface area contributed by atoms with E-state index in [4.69, 9.17) is 0 Å². The van der Waals surface area contributed by atoms with E-state index >= 15 is 0 Å². The molecule has 0 radical (unpaired) electrons. The Hall–Kier alpha value is -0.900. The molecule has 2 rings (SSSR count). The fourth-order valence-corrected chi connectivity index (χ4v) is 2.96. The van der Waals surface area contributed by atoms with E-state index in [1.165, 1.54) is 23.9 Å². The summed E-state index contributed by atoms with van der Waals surface area (Å²) >= 11 is 1.62. The Labute approximate surface area is 87.6 Å². The molecular weight excluding hydrogens is 196 g/mol. The molecule has 1 N–H and O–H groups in total. The molecule has 1 heterocycles. The molecule has 1 aromatic rings. The largest absolute Gasteiger partial charge is 0.302 e. The molecule has 0 saturated heterocycles. The lowest BCUT2D eigenvalue weighted by Gasteiger charge is -2.15. The van der Waals surface area contributed by atoms with Gasteiger partial charge in [-0.2, -0.15) is 0 Å². The standard InChI is InChI=1S/C10H14N2OS/c1-6-3-4-8-9(5-6)14-10(12-8)11-7(2)13/h6H,3-5H2,1-2H3,(H,11,12,13)/t6-/m1/s1. The number of aryl methyl sites for hydroxylation is 1. The van der Waals surface area contributed by atoms with Gasteiger partial charge in [-0.3, -0.25) is 4.79 Å². The number of aromatic nitrogens is 1. The van der Waals surface area contributed by atoms with E-state index in [9.17, 15) is 4.79 Å². The summed E-state index contributed by atoms with van der Waals surface area (Å²) in [6, 6.07) is 0. The second kappa shape index (κ2) is 3.69. The third kappa shape index (κ3) is 1.95. The Bertz CT molecular complexity index is 359. The molecule has 0 aromatic carbocycles. The lowest BCUT2D eigenvalue weighted by molar-refractivity contribution is -0.114. The van der Waals surface area contributed by atoms with Crippen LogP contribution in [0.15, 0.2) is 0 Å². The average Bonchev–Trinajstić information content (AvgIpc) is 2.44. The third-order valence-electron chi connectivity index (χ3n) is 2.47. The van der Waals surface area contributed by atoms with Crippen LogP contribution in [0.1, 0.15) is 30.8 Å². The van der Waals surface area contributed by atoms with Gasteiger partial charge in [0.05, 0.1) is 5.69 Å². The van der Waals surface area contributed by atoms with Gasteiger partial charge in [-0.05, 0) is 25.2 Å². The summed E-state index contributed by atoms with van der Waals surface area (Å²) < 4.78 is 0. The van der Waals surface area contributed by atoms with Crippen molar-refractivity contribution < 1.29 is 4.79 Å². The first-order valence-corrected chi connectivity index (χ1v) is 5.73. The lowest BCUT2D eigenvalue weighted by Crippen LogP contribution is -2.09. The Morgan fingerprint density at radius 1 is 1.64 bits per heavy atom. The van der Waals surface area contributed by atoms with Crippen LogP contribution in [0.3, 0.4) is 0 Å². The van der Waals surface area contributed by atoms with Crippen LogP contribution in [0, 0.1) is 5.92 Å². The van der Waals surface area contributed by atoms with Crippen LogP contribution >= 0.6 is 11.3 Å². The molecule has 1 aromatic heterocycles. The van der Waals surface area contributed by atoms with Crippen LogP contribution < -0.4 is 5.32 Å². The number of amides is 1. The fourth-order valence-electron chi connectivity index (χ4n) is 1.74. The molecule has 76 valence electrons. The van der Waals surface area contributed by atoms with E-state index in [2.05, 4.69) is 17.2 Å². The van der Waals surface area contributed by atoms with Crippen LogP contribution in [0.25, 0.3) is 0 Å². The van der Waals surface area contributed by atoms with Gasteiger partial charge in [-0.1, -0.05) is 6.92 Å². The summed E-state index contributed by atoms with van der Waals surface area (Å²) in [6.07, 6.45) is 3.40. The van der Waals surface area contributed by atoms with E-state index < -0.39 is 0 Å². The molecule has 1 aliphatic carbocycles. The van der Waals surface area contributed by atoms with Gasteiger partial charge in [-0.15, -0.1) is 11.3 Å². The molecule has 4 heteroatoms. The number of fused-ring (bicyclic) bond motifs is 1. The highest BCUT2D eigenvalue weighted by atomic mass is 32.1. The molecule has 0 spiro atoms. The molecular formula is C10H14N2OS. The van der Waals surface area contributed by atoms with Crippen LogP contribution in [0.4, 0.5) is 5.13 Å². The fraction of sp³-hybridized carbons (Fsp3) is 0.600. The Balaban J connectivity index is 2.19. The maximum absolute atomic E-state index is 10.8. The number of hydrogen-bond donors (Lipinski definition) is 1. The summed E-state index contributed by atoms with van der Waals surface area (Å²) in [4.78, 5) is 16.6. The monoisotopic (exact) mass is 210 g/mol. The van der Waals surface area contributed by atoms with E-state index in [0.29, 0.717) is 0 Å². The van der Waals surface area contributed by atoms with Crippen LogP contribution in [-0.2, 0) is 17.6 Å². The Kier molecular flexibility index (Phi) is 2.54. The Morgan fingerprint density at radius 2 is 2.43 bits per heavy atom. The van der Waals surface area contributed by atoms with Crippen LogP contribution in [0.5, 0.6) is 0 Å². The van der Waals surface area contributed by atoms with Crippen LogP contribution in [0.2, 0.25) is 0 Å². The summed E-state index contributed by atoms with van der Waals surface area (Å²) in [7, 11) is 0. The van der Waals surface area contributed by atoms with Crippen molar-refractivity contribution in [2.45, 2.75) is 33.1 Å². The molecule has 1 amide bonds. The molecule has 0 fully saturated rings. The summed E-state index contributed by atoms with van der Waals surface area (Å²) in [5.74, 6) is 0.720. The zero-order valence-corrected chi connectivity index (χ0v) is 9.28. The van der Waals surface area contributed by atoms with E-state index in [1.54, 1.807) is 11.3 Å². The van der Waals surface area contributed by atoms with E-state index in [0.717, 1.165) is 23.9 Å². The molecule has 1 aliphatic rings. The normalized spacial score (nSPS) is 20.3. The van der Waals surface area contributed by atoms with Gasteiger partial charge < -0.3 is 5.32 Å². The van der Waals surface area contributed by atoms with Gasteiger partial charge in [0, 0.05) is 11.8 Å². The van der Waals surface area contributed by atoms with Gasteiger partial charge in [0.1, 0.15) is 0 Å². The zero-order chi connectivity index (χ0) is 10.1. The number of hydrogen-bond acceptors (Lipinski definition) is 3. The van der Waals surface area contributed by atoms with E-state index in [1.807, 2.05) is 0 Å². The van der Waals surface area contributed by atoms with Crippen molar-refractivity contribution in [1.29, 1.82) is 0 Å². The molecule has 0 saturated carbocycles. The average molecular weight is 210 g/mol. The van der Waals surface area contributed by atoms with Crippen molar-refractivity contribution in [3.8, 4) is 0 Å². The Morgan fingerprint density at radius 3 is 3.14 bits per heavy atom. The van der Waals surface area contributed by atoms with Gasteiger partial charge in [0.25, 0.3) is 0 Å². The minimum Gasteiger partial charge on any atom is -0.302 e. The first kappa shape index (κ1) is 9.65. The molecule has 3 nitrogen and oxygen atoms in total. The SMILES string of the molecule is CC(=O)Nc1nc2c(s1)C[C@H](C)CC2. The number of carbonyl (C=O) groups is 1. The number of nitrogens with zero attached hydrogens (tertiary/aromatic N) is 1. The van der Waals surface area contributed by atoms with Crippen molar-refractivity contribution in [2.75, 3.05) is 5.32 Å². The van der Waals surface area contributed by atoms with Crippen LogP contribution in [-0.4, -0.2) is 10.9 Å². The summed E-state index contributed by atoms with van der Waals surface area (Å²) in [5.41, 5.74) is 1.19. The smallest absolute Gasteiger partial charge is 0.223 e. The van der Waals surface area contributed by atoms with Crippen molar-refractivity contribution in [3.63, 3.8) is 0 Å². The maximum Gasteiger partial charge on any atom is 0.223 e. The second-order valence-electron chi connectivity index (χ2n) is 3.92. The number of nitrogens with one attached hydrogen (secondary N) is 1. The summed E-state index contributed by atoms with van der Waals surface area (Å²) in [6.45, 7) is 3.78. The quantitative estimate of drug-likeness (QED) is 0.772. The highest BCUT2D eigenvalue weighted by molar-refractivity contribution is 7.15. The van der Waals surface area contributed by atoms with Crippen molar-refractivity contribution in [1.82, 2.24) is 4.98 Å². The van der Waals surface area contributed by atoms with Gasteiger partial charge in [0.15, 0.2) is 5.13 Å². The van der Waals surface area contributed by atoms with Crippen molar-refractivity contribution in [2.24, 2.45) is 5.92 Å². The molecule has 0 bridgehead atoms. The van der Waals surface area contributed by atoms with Crippen molar-refractivity contribution in [3.05, 3.63) is 10.6 Å². The zero-order valence-electron chi connectivity index (χ0n) is 8.46. The molecule has 0 unspecified atom stereocenters. The minimum atomic E-state index is -0.0378. The van der Waals surface area contributed by atoms with Gasteiger partial charge >= 0.3 is 0 Å². The second-order valence-corrected chi connectivity index (χ2v) is 5.00. The molecule has 0 aliphatic heterocycles. The number of rotatable bonds is 1. The molecule has 14 heavy (non-hydrogen) atoms. The lowest BCUT2D eigenvalue weighted by atomic mass is 9.93. The third-order valence-corrected chi connectivity index (χ3v) is 3.50. The molecule has 1 atom stereocenters. The summed E-state index contributed by atoms with van der Waals surface area (Å²) in [5, 5.41) is 3.51. The number of thiazole rings is 1. The van der Waals surface area contributed by atoms with E-state index in [-0.39, 0.29) is 5.91 Å². The van der Waals surface area contributed by atoms with Gasteiger partial charge in [-0.25, -0.2) is 4.98 Å². The maximum atomic E-state index is 10.8. The number of anilines is 1. The minimum absolute atomic E-state index is 0.0378. The number of carbonyl (C=O) groups excluding carboxylic acids is 1. The topological polar surface area (TPSA) is 42.0 Å².